The maximum atomic E-state index is 12.8. The van der Waals surface area contributed by atoms with Crippen LogP contribution in [0.1, 0.15) is 45.1 Å². The van der Waals surface area contributed by atoms with Crippen molar-refractivity contribution >= 4 is 11.6 Å². The molecule has 0 aromatic heterocycles. The highest BCUT2D eigenvalue weighted by atomic mass is 16.5. The largest absolute Gasteiger partial charge is 0.495 e. The standard InChI is InChI=1S/C18H24N2O3/c1-4-23-18(9-5-6-13(2)11-18)17(21)20-15-7-8-16(22-3)14(10-15)12-19/h7-8,10,13H,4-6,9,11H2,1-3H3,(H,20,21)/t13-,18+/m1/s1. The molecule has 0 spiro atoms. The third kappa shape index (κ3) is 3.83. The van der Waals surface area contributed by atoms with Crippen LogP contribution in [-0.4, -0.2) is 25.2 Å². The Morgan fingerprint density at radius 1 is 1.52 bits per heavy atom. The quantitative estimate of drug-likeness (QED) is 0.902. The van der Waals surface area contributed by atoms with Crippen molar-refractivity contribution in [3.63, 3.8) is 0 Å². The number of carbonyl (C=O) groups is 1. The van der Waals surface area contributed by atoms with E-state index in [1.807, 2.05) is 6.92 Å². The van der Waals surface area contributed by atoms with Crippen LogP contribution in [0.3, 0.4) is 0 Å². The van der Waals surface area contributed by atoms with Crippen molar-refractivity contribution in [3.8, 4) is 11.8 Å². The minimum absolute atomic E-state index is 0.125. The number of anilines is 1. The Labute approximate surface area is 137 Å². The van der Waals surface area contributed by atoms with Crippen molar-refractivity contribution < 1.29 is 14.3 Å². The van der Waals surface area contributed by atoms with Gasteiger partial charge in [0.05, 0.1) is 12.7 Å². The Morgan fingerprint density at radius 3 is 2.91 bits per heavy atom. The average Bonchev–Trinajstić information content (AvgIpc) is 2.55. The normalized spacial score (nSPS) is 23.8. The average molecular weight is 316 g/mol. The van der Waals surface area contributed by atoms with Crippen LogP contribution >= 0.6 is 0 Å². The van der Waals surface area contributed by atoms with Gasteiger partial charge in [-0.25, -0.2) is 0 Å². The molecule has 5 heteroatoms. The summed E-state index contributed by atoms with van der Waals surface area (Å²) in [6.45, 7) is 4.57. The molecule has 1 aliphatic rings. The molecular formula is C18H24N2O3. The van der Waals surface area contributed by atoms with E-state index in [-0.39, 0.29) is 5.91 Å². The number of rotatable bonds is 5. The van der Waals surface area contributed by atoms with Crippen LogP contribution in [0.4, 0.5) is 5.69 Å². The van der Waals surface area contributed by atoms with Crippen LogP contribution in [0, 0.1) is 17.2 Å². The summed E-state index contributed by atoms with van der Waals surface area (Å²) in [6.07, 6.45) is 3.58. The van der Waals surface area contributed by atoms with Crippen molar-refractivity contribution in [1.82, 2.24) is 0 Å². The second kappa shape index (κ2) is 7.47. The van der Waals surface area contributed by atoms with E-state index in [2.05, 4.69) is 18.3 Å². The van der Waals surface area contributed by atoms with E-state index in [0.29, 0.717) is 29.5 Å². The molecule has 1 aliphatic carbocycles. The number of carbonyl (C=O) groups excluding carboxylic acids is 1. The summed E-state index contributed by atoms with van der Waals surface area (Å²) < 4.78 is 11.0. The zero-order chi connectivity index (χ0) is 16.9. The predicted molar refractivity (Wildman–Crippen MR) is 88.3 cm³/mol. The second-order valence-corrected chi connectivity index (χ2v) is 6.11. The van der Waals surface area contributed by atoms with Crippen LogP contribution in [0.25, 0.3) is 0 Å². The van der Waals surface area contributed by atoms with E-state index >= 15 is 0 Å². The smallest absolute Gasteiger partial charge is 0.256 e. The minimum Gasteiger partial charge on any atom is -0.495 e. The minimum atomic E-state index is -0.765. The van der Waals surface area contributed by atoms with Crippen molar-refractivity contribution in [1.29, 1.82) is 5.26 Å². The van der Waals surface area contributed by atoms with Gasteiger partial charge in [0.2, 0.25) is 0 Å². The Hall–Kier alpha value is -2.06. The van der Waals surface area contributed by atoms with Gasteiger partial charge in [-0.1, -0.05) is 13.3 Å². The highest BCUT2D eigenvalue weighted by Crippen LogP contribution is 2.36. The molecule has 2 rings (SSSR count). The molecule has 5 nitrogen and oxygen atoms in total. The molecule has 1 aromatic rings. The lowest BCUT2D eigenvalue weighted by atomic mass is 9.78. The molecule has 1 aromatic carbocycles. The fourth-order valence-corrected chi connectivity index (χ4v) is 3.30. The first kappa shape index (κ1) is 17.3. The molecule has 1 fully saturated rings. The number of nitriles is 1. The highest BCUT2D eigenvalue weighted by Gasteiger charge is 2.42. The molecule has 2 atom stereocenters. The number of amides is 1. The summed E-state index contributed by atoms with van der Waals surface area (Å²) in [5, 5.41) is 12.1. The monoisotopic (exact) mass is 316 g/mol. The summed E-state index contributed by atoms with van der Waals surface area (Å²) in [5.41, 5.74) is 0.219. The third-order valence-electron chi connectivity index (χ3n) is 4.37. The van der Waals surface area contributed by atoms with Crippen LogP contribution < -0.4 is 10.1 Å². The van der Waals surface area contributed by atoms with Gasteiger partial charge in [-0.05, 0) is 50.3 Å². The van der Waals surface area contributed by atoms with Gasteiger partial charge in [-0.3, -0.25) is 4.79 Å². The molecule has 1 N–H and O–H groups in total. The zero-order valence-corrected chi connectivity index (χ0v) is 14.0. The molecule has 1 saturated carbocycles. The molecule has 0 unspecified atom stereocenters. The Kier molecular flexibility index (Phi) is 5.62. The molecule has 0 saturated heterocycles. The third-order valence-corrected chi connectivity index (χ3v) is 4.37. The Balaban J connectivity index is 2.20. The summed E-state index contributed by atoms with van der Waals surface area (Å²) in [4.78, 5) is 12.8. The van der Waals surface area contributed by atoms with Gasteiger partial charge < -0.3 is 14.8 Å². The van der Waals surface area contributed by atoms with E-state index in [0.717, 1.165) is 25.7 Å². The van der Waals surface area contributed by atoms with Gasteiger partial charge in [0, 0.05) is 12.3 Å². The summed E-state index contributed by atoms with van der Waals surface area (Å²) in [7, 11) is 1.52. The SMILES string of the molecule is CCO[C@@]1(C(=O)Nc2ccc(OC)c(C#N)c2)CCC[C@@H](C)C1. The Morgan fingerprint density at radius 2 is 2.30 bits per heavy atom. The first-order chi connectivity index (χ1) is 11.0. The van der Waals surface area contributed by atoms with Gasteiger partial charge in [-0.15, -0.1) is 0 Å². The molecule has 1 amide bonds. The van der Waals surface area contributed by atoms with E-state index < -0.39 is 5.60 Å². The number of benzene rings is 1. The van der Waals surface area contributed by atoms with E-state index in [1.165, 1.54) is 7.11 Å². The molecular weight excluding hydrogens is 292 g/mol. The fourth-order valence-electron chi connectivity index (χ4n) is 3.30. The molecule has 0 bridgehead atoms. The van der Waals surface area contributed by atoms with Gasteiger partial charge in [-0.2, -0.15) is 5.26 Å². The number of ether oxygens (including phenoxy) is 2. The molecule has 23 heavy (non-hydrogen) atoms. The van der Waals surface area contributed by atoms with E-state index in [9.17, 15) is 4.79 Å². The number of methoxy groups -OCH3 is 1. The van der Waals surface area contributed by atoms with Gasteiger partial charge in [0.1, 0.15) is 17.4 Å². The Bertz CT molecular complexity index is 605. The number of hydrogen-bond donors (Lipinski definition) is 1. The second-order valence-electron chi connectivity index (χ2n) is 6.11. The first-order valence-electron chi connectivity index (χ1n) is 8.08. The fraction of sp³-hybridized carbons (Fsp3) is 0.556. The first-order valence-corrected chi connectivity index (χ1v) is 8.08. The molecule has 124 valence electrons. The van der Waals surface area contributed by atoms with Crippen molar-refractivity contribution in [2.24, 2.45) is 5.92 Å². The van der Waals surface area contributed by atoms with Gasteiger partial charge in [0.15, 0.2) is 0 Å². The van der Waals surface area contributed by atoms with Crippen molar-refractivity contribution in [2.45, 2.75) is 45.1 Å². The topological polar surface area (TPSA) is 71.3 Å². The lowest BCUT2D eigenvalue weighted by Crippen LogP contribution is -2.48. The summed E-state index contributed by atoms with van der Waals surface area (Å²) in [6, 6.07) is 7.13. The highest BCUT2D eigenvalue weighted by molar-refractivity contribution is 5.97. The maximum absolute atomic E-state index is 12.8. The van der Waals surface area contributed by atoms with Crippen molar-refractivity contribution in [3.05, 3.63) is 23.8 Å². The van der Waals surface area contributed by atoms with Gasteiger partial charge in [0.25, 0.3) is 5.91 Å². The van der Waals surface area contributed by atoms with E-state index in [4.69, 9.17) is 14.7 Å². The lowest BCUT2D eigenvalue weighted by Gasteiger charge is -2.38. The van der Waals surface area contributed by atoms with Crippen LogP contribution in [0.5, 0.6) is 5.75 Å². The predicted octanol–water partition coefficient (Wildman–Crippen LogP) is 3.49. The zero-order valence-electron chi connectivity index (χ0n) is 14.0. The molecule has 0 radical (unpaired) electrons. The van der Waals surface area contributed by atoms with Gasteiger partial charge >= 0.3 is 0 Å². The number of nitrogens with zero attached hydrogens (tertiary/aromatic N) is 1. The number of hydrogen-bond acceptors (Lipinski definition) is 4. The summed E-state index contributed by atoms with van der Waals surface area (Å²) >= 11 is 0. The van der Waals surface area contributed by atoms with Crippen LogP contribution in [-0.2, 0) is 9.53 Å². The molecule has 0 heterocycles. The molecule has 0 aliphatic heterocycles. The lowest BCUT2D eigenvalue weighted by molar-refractivity contribution is -0.147. The van der Waals surface area contributed by atoms with Crippen molar-refractivity contribution in [2.75, 3.05) is 19.0 Å². The summed E-state index contributed by atoms with van der Waals surface area (Å²) in [5.74, 6) is 0.836. The van der Waals surface area contributed by atoms with E-state index in [1.54, 1.807) is 18.2 Å². The maximum Gasteiger partial charge on any atom is 0.256 e. The number of nitrogens with one attached hydrogen (secondary N) is 1. The van der Waals surface area contributed by atoms with Crippen LogP contribution in [0.2, 0.25) is 0 Å². The van der Waals surface area contributed by atoms with Crippen LogP contribution in [0.15, 0.2) is 18.2 Å².